The molecule has 1 N–H and O–H groups in total. The van der Waals surface area contributed by atoms with E-state index in [-0.39, 0.29) is 24.4 Å². The molecule has 25 heavy (non-hydrogen) atoms. The van der Waals surface area contributed by atoms with E-state index in [2.05, 4.69) is 43.1 Å². The number of benzene rings is 1. The second-order valence-corrected chi connectivity index (χ2v) is 7.23. The molecule has 1 atom stereocenters. The molecule has 0 bridgehead atoms. The highest BCUT2D eigenvalue weighted by Crippen LogP contribution is 2.30. The van der Waals surface area contributed by atoms with Crippen LogP contribution in [0.2, 0.25) is 0 Å². The van der Waals surface area contributed by atoms with Gasteiger partial charge in [-0.3, -0.25) is 14.5 Å². The zero-order chi connectivity index (χ0) is 18.1. The van der Waals surface area contributed by atoms with E-state index in [1.54, 1.807) is 12.0 Å². The van der Waals surface area contributed by atoms with Crippen molar-refractivity contribution in [3.63, 3.8) is 0 Å². The van der Waals surface area contributed by atoms with Gasteiger partial charge >= 0.3 is 0 Å². The molecule has 3 rings (SSSR count). The first-order valence-corrected chi connectivity index (χ1v) is 8.87. The maximum absolute atomic E-state index is 12.1. The molecule has 0 unspecified atom stereocenters. The van der Waals surface area contributed by atoms with E-state index in [0.29, 0.717) is 19.0 Å². The first-order chi connectivity index (χ1) is 11.9. The summed E-state index contributed by atoms with van der Waals surface area (Å²) in [4.78, 5) is 28.1. The fourth-order valence-electron chi connectivity index (χ4n) is 3.67. The van der Waals surface area contributed by atoms with Crippen LogP contribution in [0.4, 0.5) is 0 Å². The Morgan fingerprint density at radius 2 is 2.04 bits per heavy atom. The minimum atomic E-state index is -0.363. The standard InChI is InChI=1S/C19H27N3O3/c1-12(2)15-8-14(13(3)7-17(15)25-4)10-21-5-6-22-16(11-21)19(24)20-9-18(22)23/h7-8,12,16H,5-6,9-11H2,1-4H3,(H,20,24)/t16-/m1/s1. The molecule has 2 fully saturated rings. The predicted molar refractivity (Wildman–Crippen MR) is 95.6 cm³/mol. The Morgan fingerprint density at radius 1 is 1.28 bits per heavy atom. The lowest BCUT2D eigenvalue weighted by atomic mass is 9.96. The number of aryl methyl sites for hydroxylation is 1. The molecule has 0 radical (unpaired) electrons. The molecular formula is C19H27N3O3. The number of ether oxygens (including phenoxy) is 1. The molecule has 2 aliphatic heterocycles. The number of fused-ring (bicyclic) bond motifs is 1. The number of nitrogens with one attached hydrogen (secondary N) is 1. The summed E-state index contributed by atoms with van der Waals surface area (Å²) in [6, 6.07) is 3.95. The number of nitrogens with zero attached hydrogens (tertiary/aromatic N) is 2. The monoisotopic (exact) mass is 345 g/mol. The van der Waals surface area contributed by atoms with Gasteiger partial charge in [-0.25, -0.2) is 0 Å². The minimum Gasteiger partial charge on any atom is -0.496 e. The Kier molecular flexibility index (Phi) is 4.99. The first kappa shape index (κ1) is 17.7. The Bertz CT molecular complexity index is 687. The van der Waals surface area contributed by atoms with Gasteiger partial charge in [0.25, 0.3) is 0 Å². The number of amides is 2. The molecule has 0 aliphatic carbocycles. The summed E-state index contributed by atoms with van der Waals surface area (Å²) in [5.41, 5.74) is 3.64. The van der Waals surface area contributed by atoms with Crippen LogP contribution in [0.1, 0.15) is 36.5 Å². The van der Waals surface area contributed by atoms with Gasteiger partial charge in [0.1, 0.15) is 11.8 Å². The van der Waals surface area contributed by atoms with E-state index in [4.69, 9.17) is 4.74 Å². The molecule has 1 aromatic carbocycles. The number of rotatable bonds is 4. The number of piperazine rings is 2. The summed E-state index contributed by atoms with van der Waals surface area (Å²) >= 11 is 0. The quantitative estimate of drug-likeness (QED) is 0.893. The van der Waals surface area contributed by atoms with Crippen LogP contribution in [0.5, 0.6) is 5.75 Å². The highest BCUT2D eigenvalue weighted by molar-refractivity contribution is 5.95. The second kappa shape index (κ2) is 7.04. The van der Waals surface area contributed by atoms with Gasteiger partial charge in [-0.1, -0.05) is 19.9 Å². The molecule has 2 saturated heterocycles. The number of hydrogen-bond acceptors (Lipinski definition) is 4. The normalized spacial score (nSPS) is 21.3. The second-order valence-electron chi connectivity index (χ2n) is 7.23. The van der Waals surface area contributed by atoms with Crippen molar-refractivity contribution >= 4 is 11.8 Å². The van der Waals surface area contributed by atoms with E-state index < -0.39 is 0 Å². The fourth-order valence-corrected chi connectivity index (χ4v) is 3.67. The van der Waals surface area contributed by atoms with Crippen LogP contribution in [0.15, 0.2) is 12.1 Å². The number of carbonyl (C=O) groups is 2. The Labute approximate surface area is 149 Å². The van der Waals surface area contributed by atoms with Crippen LogP contribution in [-0.2, 0) is 16.1 Å². The molecule has 0 saturated carbocycles. The molecule has 6 nitrogen and oxygen atoms in total. The zero-order valence-corrected chi connectivity index (χ0v) is 15.5. The minimum absolute atomic E-state index is 0.0203. The summed E-state index contributed by atoms with van der Waals surface area (Å²) < 4.78 is 5.52. The molecule has 0 spiro atoms. The summed E-state index contributed by atoms with van der Waals surface area (Å²) in [5.74, 6) is 1.29. The van der Waals surface area contributed by atoms with Crippen molar-refractivity contribution in [3.05, 3.63) is 28.8 Å². The summed E-state index contributed by atoms with van der Waals surface area (Å²) in [6.45, 7) is 9.31. The third-order valence-corrected chi connectivity index (χ3v) is 5.21. The number of methoxy groups -OCH3 is 1. The zero-order valence-electron chi connectivity index (χ0n) is 15.5. The van der Waals surface area contributed by atoms with Gasteiger partial charge < -0.3 is 15.0 Å². The van der Waals surface area contributed by atoms with Crippen molar-refractivity contribution in [1.29, 1.82) is 0 Å². The fraction of sp³-hybridized carbons (Fsp3) is 0.579. The summed E-state index contributed by atoms with van der Waals surface area (Å²) in [5, 5.41) is 2.69. The third kappa shape index (κ3) is 3.49. The van der Waals surface area contributed by atoms with Gasteiger partial charge in [-0.15, -0.1) is 0 Å². The third-order valence-electron chi connectivity index (χ3n) is 5.21. The number of hydrogen-bond donors (Lipinski definition) is 1. The van der Waals surface area contributed by atoms with Crippen molar-refractivity contribution in [1.82, 2.24) is 15.1 Å². The molecule has 6 heteroatoms. The largest absolute Gasteiger partial charge is 0.496 e. The Hall–Kier alpha value is -2.08. The molecule has 1 aromatic rings. The van der Waals surface area contributed by atoms with E-state index >= 15 is 0 Å². The SMILES string of the molecule is COc1cc(C)c(CN2CCN3C(=O)CNC(=O)[C@H]3C2)cc1C(C)C. The lowest BCUT2D eigenvalue weighted by Gasteiger charge is -2.43. The van der Waals surface area contributed by atoms with Gasteiger partial charge in [-0.2, -0.15) is 0 Å². The van der Waals surface area contributed by atoms with Crippen LogP contribution in [-0.4, -0.2) is 60.9 Å². The topological polar surface area (TPSA) is 61.9 Å². The Morgan fingerprint density at radius 3 is 2.72 bits per heavy atom. The highest BCUT2D eigenvalue weighted by Gasteiger charge is 2.38. The molecule has 2 amide bonds. The maximum Gasteiger partial charge on any atom is 0.244 e. The van der Waals surface area contributed by atoms with Crippen LogP contribution in [0.25, 0.3) is 0 Å². The van der Waals surface area contributed by atoms with Crippen LogP contribution >= 0.6 is 0 Å². The van der Waals surface area contributed by atoms with Gasteiger partial charge in [0.15, 0.2) is 0 Å². The number of carbonyl (C=O) groups excluding carboxylic acids is 2. The van der Waals surface area contributed by atoms with Crippen LogP contribution in [0.3, 0.4) is 0 Å². The molecular weight excluding hydrogens is 318 g/mol. The van der Waals surface area contributed by atoms with Crippen molar-refractivity contribution in [3.8, 4) is 5.75 Å². The van der Waals surface area contributed by atoms with Crippen molar-refractivity contribution in [2.24, 2.45) is 0 Å². The average molecular weight is 345 g/mol. The van der Waals surface area contributed by atoms with Crippen molar-refractivity contribution in [2.75, 3.05) is 33.3 Å². The van der Waals surface area contributed by atoms with Gasteiger partial charge in [0.2, 0.25) is 11.8 Å². The first-order valence-electron chi connectivity index (χ1n) is 8.87. The Balaban J connectivity index is 1.78. The van der Waals surface area contributed by atoms with Gasteiger partial charge in [0, 0.05) is 26.2 Å². The molecule has 2 heterocycles. The highest BCUT2D eigenvalue weighted by atomic mass is 16.5. The maximum atomic E-state index is 12.1. The van der Waals surface area contributed by atoms with Crippen LogP contribution < -0.4 is 10.1 Å². The molecule has 0 aromatic heterocycles. The van der Waals surface area contributed by atoms with E-state index in [9.17, 15) is 9.59 Å². The lowest BCUT2D eigenvalue weighted by molar-refractivity contribution is -0.149. The van der Waals surface area contributed by atoms with Crippen molar-refractivity contribution < 1.29 is 14.3 Å². The van der Waals surface area contributed by atoms with E-state index in [0.717, 1.165) is 18.8 Å². The predicted octanol–water partition coefficient (Wildman–Crippen LogP) is 1.27. The van der Waals surface area contributed by atoms with Crippen LogP contribution in [0, 0.1) is 6.92 Å². The lowest BCUT2D eigenvalue weighted by Crippen LogP contribution is -2.65. The van der Waals surface area contributed by atoms with Gasteiger partial charge in [-0.05, 0) is 35.6 Å². The summed E-state index contributed by atoms with van der Waals surface area (Å²) in [7, 11) is 1.71. The molecule has 136 valence electrons. The van der Waals surface area contributed by atoms with Crippen molar-refractivity contribution in [2.45, 2.75) is 39.3 Å². The average Bonchev–Trinajstić information content (AvgIpc) is 2.59. The van der Waals surface area contributed by atoms with Gasteiger partial charge in [0.05, 0.1) is 13.7 Å². The summed E-state index contributed by atoms with van der Waals surface area (Å²) in [6.07, 6.45) is 0. The van der Waals surface area contributed by atoms with E-state index in [1.165, 1.54) is 16.7 Å². The smallest absolute Gasteiger partial charge is 0.244 e. The molecule has 2 aliphatic rings. The van der Waals surface area contributed by atoms with E-state index in [1.807, 2.05) is 0 Å².